The summed E-state index contributed by atoms with van der Waals surface area (Å²) in [5.74, 6) is 0.544. The molecule has 0 spiro atoms. The van der Waals surface area contributed by atoms with Crippen molar-refractivity contribution in [1.82, 2.24) is 9.88 Å². The van der Waals surface area contributed by atoms with Crippen molar-refractivity contribution >= 4 is 72.1 Å². The molecule has 0 saturated heterocycles. The number of nitro groups is 1. The number of halogens is 1. The number of nitrogens with zero attached hydrogens (tertiary/aromatic N) is 4. The van der Waals surface area contributed by atoms with E-state index in [-0.39, 0.29) is 24.0 Å². The van der Waals surface area contributed by atoms with Gasteiger partial charge in [-0.1, -0.05) is 17.4 Å². The summed E-state index contributed by atoms with van der Waals surface area (Å²) < 4.78 is 7.51. The largest absolute Gasteiger partial charge is 0.492 e. The zero-order valence-corrected chi connectivity index (χ0v) is 21.5. The molecular formula is C23H25ClN4O4S2. The number of para-hydroxylation sites is 1. The SMILES string of the molecule is CCOc1cccc2sc(N(CCCN(C)C)C(=O)c3cc4cc([N+](=O)[O-])ccc4s3)nc12.Cl. The van der Waals surface area contributed by atoms with E-state index in [1.165, 1.54) is 34.8 Å². The first-order valence-electron chi connectivity index (χ1n) is 10.5. The molecule has 0 aliphatic heterocycles. The Hall–Kier alpha value is -2.79. The maximum Gasteiger partial charge on any atom is 0.270 e. The van der Waals surface area contributed by atoms with E-state index in [4.69, 9.17) is 9.72 Å². The summed E-state index contributed by atoms with van der Waals surface area (Å²) >= 11 is 2.79. The van der Waals surface area contributed by atoms with Crippen LogP contribution in [0.3, 0.4) is 0 Å². The molecule has 0 atom stereocenters. The molecular weight excluding hydrogens is 496 g/mol. The lowest BCUT2D eigenvalue weighted by molar-refractivity contribution is -0.384. The number of non-ortho nitro benzene ring substituents is 1. The average molecular weight is 521 g/mol. The van der Waals surface area contributed by atoms with Gasteiger partial charge in [0.2, 0.25) is 0 Å². The Labute approximate surface area is 211 Å². The van der Waals surface area contributed by atoms with E-state index in [1.54, 1.807) is 17.0 Å². The fourth-order valence-electron chi connectivity index (χ4n) is 3.51. The Morgan fingerprint density at radius 3 is 2.62 bits per heavy atom. The number of hydrogen-bond donors (Lipinski definition) is 0. The van der Waals surface area contributed by atoms with Gasteiger partial charge in [-0.25, -0.2) is 4.98 Å². The molecule has 0 fully saturated rings. The highest BCUT2D eigenvalue weighted by Gasteiger charge is 2.24. The Morgan fingerprint density at radius 2 is 1.91 bits per heavy atom. The normalized spacial score (nSPS) is 11.1. The van der Waals surface area contributed by atoms with Gasteiger partial charge >= 0.3 is 0 Å². The molecule has 2 heterocycles. The highest BCUT2D eigenvalue weighted by Crippen LogP contribution is 2.36. The molecule has 0 unspecified atom stereocenters. The van der Waals surface area contributed by atoms with Crippen LogP contribution in [-0.4, -0.2) is 54.5 Å². The maximum absolute atomic E-state index is 13.6. The van der Waals surface area contributed by atoms with E-state index >= 15 is 0 Å². The lowest BCUT2D eigenvalue weighted by Crippen LogP contribution is -2.32. The van der Waals surface area contributed by atoms with Crippen molar-refractivity contribution in [3.05, 3.63) is 57.5 Å². The number of anilines is 1. The lowest BCUT2D eigenvalue weighted by Gasteiger charge is -2.20. The zero-order valence-electron chi connectivity index (χ0n) is 19.0. The zero-order chi connectivity index (χ0) is 23.5. The molecule has 34 heavy (non-hydrogen) atoms. The van der Waals surface area contributed by atoms with Crippen molar-refractivity contribution in [2.75, 3.05) is 38.7 Å². The van der Waals surface area contributed by atoms with Gasteiger partial charge in [0.15, 0.2) is 5.13 Å². The summed E-state index contributed by atoms with van der Waals surface area (Å²) in [6, 6.07) is 12.2. The summed E-state index contributed by atoms with van der Waals surface area (Å²) in [5.41, 5.74) is 0.758. The molecule has 0 bridgehead atoms. The summed E-state index contributed by atoms with van der Waals surface area (Å²) in [4.78, 5) is 33.4. The molecule has 0 aliphatic carbocycles. The van der Waals surface area contributed by atoms with Crippen molar-refractivity contribution in [2.45, 2.75) is 13.3 Å². The number of ether oxygens (including phenoxy) is 1. The van der Waals surface area contributed by atoms with E-state index in [0.29, 0.717) is 34.3 Å². The Kier molecular flexibility index (Phi) is 8.42. The van der Waals surface area contributed by atoms with E-state index in [1.807, 2.05) is 39.2 Å². The quantitative estimate of drug-likeness (QED) is 0.203. The summed E-state index contributed by atoms with van der Waals surface area (Å²) in [6.07, 6.45) is 0.781. The van der Waals surface area contributed by atoms with Crippen molar-refractivity contribution in [3.63, 3.8) is 0 Å². The molecule has 2 aromatic carbocycles. The second-order valence-electron chi connectivity index (χ2n) is 7.74. The van der Waals surface area contributed by atoms with Gasteiger partial charge < -0.3 is 9.64 Å². The van der Waals surface area contributed by atoms with Gasteiger partial charge in [0.1, 0.15) is 11.3 Å². The van der Waals surface area contributed by atoms with Gasteiger partial charge in [0, 0.05) is 28.8 Å². The second kappa shape index (κ2) is 11.1. The number of benzene rings is 2. The number of carbonyl (C=O) groups excluding carboxylic acids is 1. The van der Waals surface area contributed by atoms with E-state index in [0.717, 1.165) is 27.9 Å². The van der Waals surface area contributed by atoms with Crippen molar-refractivity contribution in [3.8, 4) is 5.75 Å². The fraction of sp³-hybridized carbons (Fsp3) is 0.304. The highest BCUT2D eigenvalue weighted by molar-refractivity contribution is 7.23. The number of fused-ring (bicyclic) bond motifs is 2. The molecule has 11 heteroatoms. The van der Waals surface area contributed by atoms with Gasteiger partial charge in [-0.05, 0) is 58.3 Å². The van der Waals surface area contributed by atoms with Crippen LogP contribution in [0.2, 0.25) is 0 Å². The van der Waals surface area contributed by atoms with Crippen LogP contribution < -0.4 is 9.64 Å². The Morgan fingerprint density at radius 1 is 1.12 bits per heavy atom. The predicted octanol–water partition coefficient (Wildman–Crippen LogP) is 5.84. The smallest absolute Gasteiger partial charge is 0.270 e. The van der Waals surface area contributed by atoms with Gasteiger partial charge in [-0.2, -0.15) is 0 Å². The average Bonchev–Trinajstić information content (AvgIpc) is 3.40. The number of thiazole rings is 1. The first-order valence-corrected chi connectivity index (χ1v) is 12.2. The van der Waals surface area contributed by atoms with Crippen molar-refractivity contribution in [1.29, 1.82) is 0 Å². The molecule has 2 aromatic heterocycles. The molecule has 4 aromatic rings. The minimum Gasteiger partial charge on any atom is -0.492 e. The van der Waals surface area contributed by atoms with Crippen molar-refractivity contribution < 1.29 is 14.5 Å². The third-order valence-electron chi connectivity index (χ3n) is 5.06. The molecule has 180 valence electrons. The number of carbonyl (C=O) groups is 1. The lowest BCUT2D eigenvalue weighted by atomic mass is 10.2. The number of rotatable bonds is 9. The van der Waals surface area contributed by atoms with Crippen LogP contribution in [0.4, 0.5) is 10.8 Å². The van der Waals surface area contributed by atoms with Gasteiger partial charge in [0.05, 0.1) is 21.1 Å². The Balaban J connectivity index is 0.00000324. The van der Waals surface area contributed by atoms with Gasteiger partial charge in [0.25, 0.3) is 11.6 Å². The number of aromatic nitrogens is 1. The number of thiophene rings is 1. The van der Waals surface area contributed by atoms with Crippen LogP contribution in [0.25, 0.3) is 20.3 Å². The van der Waals surface area contributed by atoms with Crippen LogP contribution in [0.15, 0.2) is 42.5 Å². The molecule has 4 rings (SSSR count). The molecule has 0 aliphatic rings. The third kappa shape index (κ3) is 5.47. The number of amides is 1. The third-order valence-corrected chi connectivity index (χ3v) is 7.20. The summed E-state index contributed by atoms with van der Waals surface area (Å²) in [5, 5.41) is 12.4. The minimum atomic E-state index is -0.427. The van der Waals surface area contributed by atoms with Crippen LogP contribution >= 0.6 is 35.1 Å². The van der Waals surface area contributed by atoms with Crippen LogP contribution in [0.5, 0.6) is 5.75 Å². The number of nitro benzene ring substituents is 1. The van der Waals surface area contributed by atoms with Gasteiger partial charge in [-0.15, -0.1) is 23.7 Å². The molecule has 0 radical (unpaired) electrons. The monoisotopic (exact) mass is 520 g/mol. The molecule has 8 nitrogen and oxygen atoms in total. The molecule has 1 amide bonds. The van der Waals surface area contributed by atoms with Crippen LogP contribution in [0.1, 0.15) is 23.0 Å². The first-order chi connectivity index (χ1) is 15.9. The Bertz CT molecular complexity index is 1320. The van der Waals surface area contributed by atoms with Crippen LogP contribution in [-0.2, 0) is 0 Å². The topological polar surface area (TPSA) is 88.8 Å². The van der Waals surface area contributed by atoms with E-state index in [2.05, 4.69) is 4.90 Å². The molecule has 0 saturated carbocycles. The first kappa shape index (κ1) is 25.8. The standard InChI is InChI=1S/C23H24N4O4S2.ClH/c1-4-31-17-7-5-8-19-21(17)24-23(33-19)26(12-6-11-25(2)3)22(28)20-14-15-13-16(27(29)30)9-10-18(15)32-20;/h5,7-10,13-14H,4,6,11-12H2,1-3H3;1H. The number of hydrogen-bond acceptors (Lipinski definition) is 8. The fourth-order valence-corrected chi connectivity index (χ4v) is 5.51. The van der Waals surface area contributed by atoms with Crippen LogP contribution in [0, 0.1) is 10.1 Å². The summed E-state index contributed by atoms with van der Waals surface area (Å²) in [7, 11) is 3.99. The second-order valence-corrected chi connectivity index (χ2v) is 9.83. The van der Waals surface area contributed by atoms with Crippen molar-refractivity contribution in [2.24, 2.45) is 0 Å². The highest BCUT2D eigenvalue weighted by atomic mass is 35.5. The summed E-state index contributed by atoms with van der Waals surface area (Å²) in [6.45, 7) is 3.80. The molecule has 0 N–H and O–H groups in total. The van der Waals surface area contributed by atoms with E-state index in [9.17, 15) is 14.9 Å². The maximum atomic E-state index is 13.6. The predicted molar refractivity (Wildman–Crippen MR) is 141 cm³/mol. The minimum absolute atomic E-state index is 0. The van der Waals surface area contributed by atoms with E-state index < -0.39 is 4.92 Å². The van der Waals surface area contributed by atoms with Gasteiger partial charge in [-0.3, -0.25) is 19.8 Å².